The minimum absolute atomic E-state index is 0.0776. The molecule has 0 aliphatic rings. The average Bonchev–Trinajstić information content (AvgIpc) is 2.15. The Morgan fingerprint density at radius 3 is 2.00 bits per heavy atom. The Morgan fingerprint density at radius 1 is 1.29 bits per heavy atom. The maximum Gasteiger partial charge on any atom is 0.134 e. The van der Waals surface area contributed by atoms with Crippen LogP contribution in [0, 0.1) is 5.41 Å². The molecule has 4 nitrogen and oxygen atoms in total. The Kier molecular flexibility index (Phi) is 3.35. The molecule has 0 unspecified atom stereocenters. The standard InChI is InChI=1S/C9H11BrN2O2/c1-13-6-3-5(10)4-7(14-2)8(6)9(11)12/h3-4H,1-2H3,(H3,11,12). The molecule has 0 amide bonds. The van der Waals surface area contributed by atoms with Gasteiger partial charge in [0.05, 0.1) is 14.2 Å². The van der Waals surface area contributed by atoms with Crippen LogP contribution in [0.1, 0.15) is 5.56 Å². The third-order valence-electron chi connectivity index (χ3n) is 1.74. The van der Waals surface area contributed by atoms with E-state index in [2.05, 4.69) is 15.9 Å². The largest absolute Gasteiger partial charge is 0.496 e. The van der Waals surface area contributed by atoms with Crippen LogP contribution in [0.3, 0.4) is 0 Å². The Labute approximate surface area is 90.6 Å². The summed E-state index contributed by atoms with van der Waals surface area (Å²) in [5.41, 5.74) is 5.90. The molecular weight excluding hydrogens is 248 g/mol. The minimum Gasteiger partial charge on any atom is -0.496 e. The lowest BCUT2D eigenvalue weighted by atomic mass is 10.1. The Balaban J connectivity index is 3.40. The molecule has 14 heavy (non-hydrogen) atoms. The van der Waals surface area contributed by atoms with E-state index < -0.39 is 0 Å². The number of rotatable bonds is 3. The fourth-order valence-corrected chi connectivity index (χ4v) is 1.56. The first kappa shape index (κ1) is 10.8. The van der Waals surface area contributed by atoms with Crippen molar-refractivity contribution in [3.63, 3.8) is 0 Å². The lowest BCUT2D eigenvalue weighted by molar-refractivity contribution is 0.392. The Morgan fingerprint density at radius 2 is 1.71 bits per heavy atom. The van der Waals surface area contributed by atoms with E-state index in [1.165, 1.54) is 14.2 Å². The van der Waals surface area contributed by atoms with Crippen molar-refractivity contribution in [1.82, 2.24) is 0 Å². The third-order valence-corrected chi connectivity index (χ3v) is 2.20. The number of amidine groups is 1. The highest BCUT2D eigenvalue weighted by molar-refractivity contribution is 9.10. The number of nitrogen functional groups attached to an aromatic ring is 1. The van der Waals surface area contributed by atoms with E-state index in [9.17, 15) is 0 Å². The highest BCUT2D eigenvalue weighted by Gasteiger charge is 2.13. The van der Waals surface area contributed by atoms with E-state index in [0.29, 0.717) is 17.1 Å². The summed E-state index contributed by atoms with van der Waals surface area (Å²) in [4.78, 5) is 0. The molecule has 1 aromatic carbocycles. The molecule has 1 aromatic rings. The van der Waals surface area contributed by atoms with Gasteiger partial charge < -0.3 is 15.2 Å². The summed E-state index contributed by atoms with van der Waals surface area (Å²) in [6.45, 7) is 0. The van der Waals surface area contributed by atoms with Gasteiger partial charge >= 0.3 is 0 Å². The van der Waals surface area contributed by atoms with Crippen molar-refractivity contribution in [1.29, 1.82) is 5.41 Å². The van der Waals surface area contributed by atoms with Crippen molar-refractivity contribution in [2.45, 2.75) is 0 Å². The molecule has 0 atom stereocenters. The topological polar surface area (TPSA) is 68.3 Å². The van der Waals surface area contributed by atoms with Crippen molar-refractivity contribution < 1.29 is 9.47 Å². The molecule has 0 aliphatic carbocycles. The number of methoxy groups -OCH3 is 2. The van der Waals surface area contributed by atoms with Gasteiger partial charge in [0.2, 0.25) is 0 Å². The third kappa shape index (κ3) is 1.98. The molecule has 0 aromatic heterocycles. The second-order valence-corrected chi connectivity index (χ2v) is 3.51. The van der Waals surface area contributed by atoms with Crippen molar-refractivity contribution >= 4 is 21.8 Å². The van der Waals surface area contributed by atoms with Crippen LogP contribution in [0.25, 0.3) is 0 Å². The quantitative estimate of drug-likeness (QED) is 0.641. The summed E-state index contributed by atoms with van der Waals surface area (Å²) in [5.74, 6) is 0.957. The predicted molar refractivity (Wildman–Crippen MR) is 58.3 cm³/mol. The molecule has 76 valence electrons. The van der Waals surface area contributed by atoms with Crippen molar-refractivity contribution in [3.8, 4) is 11.5 Å². The van der Waals surface area contributed by atoms with Crippen LogP contribution < -0.4 is 15.2 Å². The molecular formula is C9H11BrN2O2. The molecule has 3 N–H and O–H groups in total. The lowest BCUT2D eigenvalue weighted by Crippen LogP contribution is -2.14. The van der Waals surface area contributed by atoms with Crippen LogP contribution >= 0.6 is 15.9 Å². The lowest BCUT2D eigenvalue weighted by Gasteiger charge is -2.12. The average molecular weight is 259 g/mol. The van der Waals surface area contributed by atoms with Crippen LogP contribution in [0.15, 0.2) is 16.6 Å². The van der Waals surface area contributed by atoms with Gasteiger partial charge in [-0.25, -0.2) is 0 Å². The van der Waals surface area contributed by atoms with Gasteiger partial charge in [0.25, 0.3) is 0 Å². The highest BCUT2D eigenvalue weighted by Crippen LogP contribution is 2.32. The number of hydrogen-bond acceptors (Lipinski definition) is 3. The SMILES string of the molecule is COc1cc(Br)cc(OC)c1C(=N)N. The molecule has 0 saturated carbocycles. The second kappa shape index (κ2) is 4.32. The predicted octanol–water partition coefficient (Wildman–Crippen LogP) is 1.75. The van der Waals surface area contributed by atoms with E-state index >= 15 is 0 Å². The van der Waals surface area contributed by atoms with Crippen LogP contribution in [-0.4, -0.2) is 20.1 Å². The second-order valence-electron chi connectivity index (χ2n) is 2.60. The van der Waals surface area contributed by atoms with Crippen molar-refractivity contribution in [2.24, 2.45) is 5.73 Å². The van der Waals surface area contributed by atoms with Gasteiger partial charge in [0.1, 0.15) is 22.9 Å². The van der Waals surface area contributed by atoms with Gasteiger partial charge in [-0.3, -0.25) is 5.41 Å². The normalized spacial score (nSPS) is 9.64. The number of halogens is 1. The molecule has 0 spiro atoms. The van der Waals surface area contributed by atoms with E-state index in [0.717, 1.165) is 4.47 Å². The van der Waals surface area contributed by atoms with E-state index in [4.69, 9.17) is 20.6 Å². The molecule has 0 radical (unpaired) electrons. The monoisotopic (exact) mass is 258 g/mol. The van der Waals surface area contributed by atoms with Crippen LogP contribution in [-0.2, 0) is 0 Å². The number of ether oxygens (including phenoxy) is 2. The van der Waals surface area contributed by atoms with Crippen molar-refractivity contribution in [2.75, 3.05) is 14.2 Å². The molecule has 0 fully saturated rings. The van der Waals surface area contributed by atoms with Gasteiger partial charge in [0.15, 0.2) is 0 Å². The van der Waals surface area contributed by atoms with Gasteiger partial charge in [-0.1, -0.05) is 15.9 Å². The molecule has 0 heterocycles. The van der Waals surface area contributed by atoms with E-state index in [1.807, 2.05) is 0 Å². The molecule has 0 aliphatic heterocycles. The summed E-state index contributed by atoms with van der Waals surface area (Å²) in [5, 5.41) is 7.40. The Hall–Kier alpha value is -1.23. The zero-order chi connectivity index (χ0) is 10.7. The smallest absolute Gasteiger partial charge is 0.134 e. The fraction of sp³-hybridized carbons (Fsp3) is 0.222. The maximum absolute atomic E-state index is 7.40. The zero-order valence-corrected chi connectivity index (χ0v) is 9.51. The summed E-state index contributed by atoms with van der Waals surface area (Å²) < 4.78 is 11.0. The van der Waals surface area contributed by atoms with Gasteiger partial charge in [-0.05, 0) is 12.1 Å². The van der Waals surface area contributed by atoms with Crippen LogP contribution in [0.5, 0.6) is 11.5 Å². The van der Waals surface area contributed by atoms with Gasteiger partial charge in [0, 0.05) is 4.47 Å². The highest BCUT2D eigenvalue weighted by atomic mass is 79.9. The van der Waals surface area contributed by atoms with Gasteiger partial charge in [-0.2, -0.15) is 0 Å². The fourth-order valence-electron chi connectivity index (χ4n) is 1.15. The first-order valence-corrected chi connectivity index (χ1v) is 4.65. The summed E-state index contributed by atoms with van der Waals surface area (Å²) >= 11 is 3.31. The maximum atomic E-state index is 7.40. The molecule has 0 bridgehead atoms. The van der Waals surface area contributed by atoms with Crippen molar-refractivity contribution in [3.05, 3.63) is 22.2 Å². The zero-order valence-electron chi connectivity index (χ0n) is 7.93. The number of nitrogens with two attached hydrogens (primary N) is 1. The first-order chi connectivity index (χ1) is 6.60. The summed E-state index contributed by atoms with van der Waals surface area (Å²) in [6, 6.07) is 3.47. The van der Waals surface area contributed by atoms with E-state index in [1.54, 1.807) is 12.1 Å². The summed E-state index contributed by atoms with van der Waals surface area (Å²) in [6.07, 6.45) is 0. The van der Waals surface area contributed by atoms with Crippen LogP contribution in [0.2, 0.25) is 0 Å². The molecule has 1 rings (SSSR count). The summed E-state index contributed by atoms with van der Waals surface area (Å²) in [7, 11) is 3.04. The number of hydrogen-bond donors (Lipinski definition) is 2. The molecule has 0 saturated heterocycles. The van der Waals surface area contributed by atoms with Crippen LogP contribution in [0.4, 0.5) is 0 Å². The molecule has 5 heteroatoms. The minimum atomic E-state index is -0.0776. The van der Waals surface area contributed by atoms with Gasteiger partial charge in [-0.15, -0.1) is 0 Å². The van der Waals surface area contributed by atoms with E-state index in [-0.39, 0.29) is 5.84 Å². The number of nitrogens with one attached hydrogen (secondary N) is 1. The Bertz CT molecular complexity index is 341. The first-order valence-electron chi connectivity index (χ1n) is 3.86. The number of benzene rings is 1.